The van der Waals surface area contributed by atoms with E-state index in [0.717, 1.165) is 15.4 Å². The Hall–Kier alpha value is -2.89. The number of azide groups is 1. The van der Waals surface area contributed by atoms with E-state index in [9.17, 15) is 13.5 Å². The number of nitrogens with one attached hydrogen (secondary N) is 1. The first kappa shape index (κ1) is 28.7. The summed E-state index contributed by atoms with van der Waals surface area (Å²) in [7, 11) is -2.40. The molecule has 12 heteroatoms. The fraction of sp³-hybridized carbons (Fsp3) is 0.480. The number of aliphatic hydroxyl groups is 1. The number of sulfonamides is 1. The standard InChI is InChI=1S/C25H34N6O4S2/c1-16(2)14-31(15-23(32)22(29-30-26)12-18-7-6-8-19(11-18)35-5)37(33,34)20-9-10-21-24(13-20)36-25(28-21)27-17(3)4/h6-11,13,16-17,22-23,32H,12,14-15H2,1-5H3,(H,27,28)/t22-,23+/m0/s1. The van der Waals surface area contributed by atoms with Gasteiger partial charge in [0.15, 0.2) is 5.13 Å². The Balaban J connectivity index is 1.88. The summed E-state index contributed by atoms with van der Waals surface area (Å²) in [5.74, 6) is 0.646. The molecule has 2 aromatic carbocycles. The third kappa shape index (κ3) is 7.56. The molecule has 1 heterocycles. The molecule has 200 valence electrons. The van der Waals surface area contributed by atoms with Crippen molar-refractivity contribution in [2.24, 2.45) is 11.0 Å². The predicted octanol–water partition coefficient (Wildman–Crippen LogP) is 5.05. The van der Waals surface area contributed by atoms with Crippen LogP contribution in [0.25, 0.3) is 20.7 Å². The molecule has 0 aliphatic rings. The van der Waals surface area contributed by atoms with Gasteiger partial charge in [0.25, 0.3) is 0 Å². The molecule has 3 aromatic rings. The first-order valence-corrected chi connectivity index (χ1v) is 14.3. The zero-order chi connectivity index (χ0) is 27.2. The number of fused-ring (bicyclic) bond motifs is 1. The van der Waals surface area contributed by atoms with Crippen LogP contribution in [0.5, 0.6) is 5.75 Å². The molecule has 2 N–H and O–H groups in total. The normalized spacial score (nSPS) is 13.6. The Bertz CT molecular complexity index is 1350. The molecule has 0 saturated heterocycles. The monoisotopic (exact) mass is 546 g/mol. The number of hydrogen-bond donors (Lipinski definition) is 2. The zero-order valence-corrected chi connectivity index (χ0v) is 23.3. The Kier molecular flexibility index (Phi) is 9.74. The quantitative estimate of drug-likeness (QED) is 0.175. The largest absolute Gasteiger partial charge is 0.497 e. The van der Waals surface area contributed by atoms with Crippen LogP contribution in [0.4, 0.5) is 5.13 Å². The highest BCUT2D eigenvalue weighted by molar-refractivity contribution is 7.89. The van der Waals surface area contributed by atoms with E-state index in [2.05, 4.69) is 20.3 Å². The highest BCUT2D eigenvalue weighted by Crippen LogP contribution is 2.30. The second-order valence-corrected chi connectivity index (χ2v) is 12.5. The first-order valence-electron chi connectivity index (χ1n) is 12.1. The van der Waals surface area contributed by atoms with Gasteiger partial charge in [0.05, 0.1) is 34.4 Å². The van der Waals surface area contributed by atoms with E-state index in [4.69, 9.17) is 10.3 Å². The number of benzene rings is 2. The van der Waals surface area contributed by atoms with Crippen molar-refractivity contribution in [3.05, 3.63) is 58.5 Å². The molecular formula is C25H34N6O4S2. The minimum Gasteiger partial charge on any atom is -0.497 e. The molecule has 0 saturated carbocycles. The van der Waals surface area contributed by atoms with Crippen molar-refractivity contribution in [1.29, 1.82) is 0 Å². The Morgan fingerprint density at radius 2 is 1.95 bits per heavy atom. The van der Waals surface area contributed by atoms with E-state index in [0.29, 0.717) is 11.3 Å². The average molecular weight is 547 g/mol. The number of aliphatic hydroxyl groups excluding tert-OH is 1. The minimum absolute atomic E-state index is 0.00672. The lowest BCUT2D eigenvalue weighted by atomic mass is 10.0. The molecule has 0 bridgehead atoms. The number of ether oxygens (including phenoxy) is 1. The van der Waals surface area contributed by atoms with Crippen LogP contribution in [0.2, 0.25) is 0 Å². The molecule has 0 aliphatic heterocycles. The van der Waals surface area contributed by atoms with Crippen LogP contribution in [0.1, 0.15) is 33.3 Å². The van der Waals surface area contributed by atoms with Crippen LogP contribution in [-0.2, 0) is 16.4 Å². The van der Waals surface area contributed by atoms with Gasteiger partial charge >= 0.3 is 0 Å². The van der Waals surface area contributed by atoms with Gasteiger partial charge in [-0.25, -0.2) is 13.4 Å². The molecule has 0 unspecified atom stereocenters. The maximum Gasteiger partial charge on any atom is 0.243 e. The summed E-state index contributed by atoms with van der Waals surface area (Å²) in [5, 5.41) is 18.8. The van der Waals surface area contributed by atoms with E-state index < -0.39 is 22.2 Å². The number of anilines is 1. The average Bonchev–Trinajstić information content (AvgIpc) is 3.24. The maximum absolute atomic E-state index is 13.7. The zero-order valence-electron chi connectivity index (χ0n) is 21.7. The molecule has 0 spiro atoms. The highest BCUT2D eigenvalue weighted by Gasteiger charge is 2.30. The van der Waals surface area contributed by atoms with Gasteiger partial charge in [0.1, 0.15) is 5.75 Å². The summed E-state index contributed by atoms with van der Waals surface area (Å²) in [6.07, 6.45) is -0.985. The number of hydrogen-bond acceptors (Lipinski definition) is 8. The van der Waals surface area contributed by atoms with Crippen LogP contribution in [0.15, 0.2) is 52.5 Å². The van der Waals surface area contributed by atoms with Crippen LogP contribution in [0, 0.1) is 5.92 Å². The van der Waals surface area contributed by atoms with E-state index in [-0.39, 0.29) is 36.4 Å². The van der Waals surface area contributed by atoms with Crippen molar-refractivity contribution in [3.63, 3.8) is 0 Å². The van der Waals surface area contributed by atoms with Crippen molar-refractivity contribution < 1.29 is 18.3 Å². The summed E-state index contributed by atoms with van der Waals surface area (Å²) in [4.78, 5) is 7.54. The number of aromatic nitrogens is 1. The Labute approximate surface area is 222 Å². The maximum atomic E-state index is 13.7. The van der Waals surface area contributed by atoms with Gasteiger partial charge in [0.2, 0.25) is 10.0 Å². The van der Waals surface area contributed by atoms with E-state index in [1.807, 2.05) is 33.8 Å². The minimum atomic E-state index is -3.95. The molecule has 1 aromatic heterocycles. The van der Waals surface area contributed by atoms with Crippen molar-refractivity contribution >= 4 is 36.7 Å². The predicted molar refractivity (Wildman–Crippen MR) is 148 cm³/mol. The fourth-order valence-electron chi connectivity index (χ4n) is 3.89. The van der Waals surface area contributed by atoms with Gasteiger partial charge in [0, 0.05) is 24.0 Å². The van der Waals surface area contributed by atoms with Gasteiger partial charge in [-0.2, -0.15) is 4.31 Å². The van der Waals surface area contributed by atoms with Gasteiger partial charge in [-0.15, -0.1) is 0 Å². The molecule has 0 aliphatic carbocycles. The molecule has 0 fully saturated rings. The van der Waals surface area contributed by atoms with Gasteiger partial charge in [-0.1, -0.05) is 42.4 Å². The second kappa shape index (κ2) is 12.6. The van der Waals surface area contributed by atoms with Crippen molar-refractivity contribution in [1.82, 2.24) is 9.29 Å². The molecule has 0 amide bonds. The summed E-state index contributed by atoms with van der Waals surface area (Å²) >= 11 is 1.39. The van der Waals surface area contributed by atoms with E-state index in [1.54, 1.807) is 37.4 Å². The topological polar surface area (TPSA) is 141 Å². The third-order valence-corrected chi connectivity index (χ3v) is 8.37. The van der Waals surface area contributed by atoms with Crippen LogP contribution in [-0.4, -0.2) is 61.2 Å². The second-order valence-electron chi connectivity index (χ2n) is 9.56. The Morgan fingerprint density at radius 1 is 1.19 bits per heavy atom. The van der Waals surface area contributed by atoms with Gasteiger partial charge < -0.3 is 15.2 Å². The SMILES string of the molecule is COc1cccc(C[C@H](N=[N+]=[N-])[C@H](O)CN(CC(C)C)S(=O)(=O)c2ccc3nc(NC(C)C)sc3c2)c1. The third-order valence-electron chi connectivity index (χ3n) is 5.59. The van der Waals surface area contributed by atoms with Crippen LogP contribution >= 0.6 is 11.3 Å². The smallest absolute Gasteiger partial charge is 0.243 e. The lowest BCUT2D eigenvalue weighted by Crippen LogP contribution is -2.43. The molecule has 2 atom stereocenters. The number of nitrogens with zero attached hydrogens (tertiary/aromatic N) is 5. The van der Waals surface area contributed by atoms with E-state index in [1.165, 1.54) is 21.7 Å². The molecular weight excluding hydrogens is 512 g/mol. The summed E-state index contributed by atoms with van der Waals surface area (Å²) in [6.45, 7) is 7.82. The molecule has 10 nitrogen and oxygen atoms in total. The fourth-order valence-corrected chi connectivity index (χ4v) is 6.67. The highest BCUT2D eigenvalue weighted by atomic mass is 32.2. The van der Waals surface area contributed by atoms with Crippen LogP contribution in [0.3, 0.4) is 0 Å². The van der Waals surface area contributed by atoms with E-state index >= 15 is 0 Å². The number of thiazole rings is 1. The summed E-state index contributed by atoms with van der Waals surface area (Å²) in [6, 6.07) is 11.4. The first-order chi connectivity index (χ1) is 17.5. The number of methoxy groups -OCH3 is 1. The van der Waals surface area contributed by atoms with Crippen molar-refractivity contribution in [2.45, 2.75) is 57.2 Å². The molecule has 3 rings (SSSR count). The summed E-state index contributed by atoms with van der Waals surface area (Å²) in [5.41, 5.74) is 10.6. The number of rotatable bonds is 13. The van der Waals surface area contributed by atoms with Gasteiger partial charge in [-0.05, 0) is 67.6 Å². The summed E-state index contributed by atoms with van der Waals surface area (Å²) < 4.78 is 34.7. The van der Waals surface area contributed by atoms with Crippen molar-refractivity contribution in [2.75, 3.05) is 25.5 Å². The van der Waals surface area contributed by atoms with Crippen molar-refractivity contribution in [3.8, 4) is 5.75 Å². The molecule has 0 radical (unpaired) electrons. The lowest BCUT2D eigenvalue weighted by molar-refractivity contribution is 0.116. The lowest BCUT2D eigenvalue weighted by Gasteiger charge is -2.28. The molecule has 37 heavy (non-hydrogen) atoms. The van der Waals surface area contributed by atoms with Gasteiger partial charge in [-0.3, -0.25) is 0 Å². The van der Waals surface area contributed by atoms with Crippen LogP contribution < -0.4 is 10.1 Å². The Morgan fingerprint density at radius 3 is 2.59 bits per heavy atom.